The average Bonchev–Trinajstić information content (AvgIpc) is 2.98. The second-order valence-corrected chi connectivity index (χ2v) is 5.57. The van der Waals surface area contributed by atoms with E-state index in [1.165, 1.54) is 5.56 Å². The minimum absolute atomic E-state index is 0. The Kier molecular flexibility index (Phi) is 8.55. The molecule has 7 heteroatoms. The Morgan fingerprint density at radius 1 is 1.13 bits per heavy atom. The zero-order valence-corrected chi connectivity index (χ0v) is 15.0. The summed E-state index contributed by atoms with van der Waals surface area (Å²) in [7, 11) is 0. The minimum Gasteiger partial charge on any atom is -0.339 e. The van der Waals surface area contributed by atoms with Crippen LogP contribution in [0.1, 0.15) is 17.9 Å². The number of hydrogen-bond acceptors (Lipinski definition) is 5. The van der Waals surface area contributed by atoms with Crippen LogP contribution in [0.4, 0.5) is 0 Å². The molecule has 0 aliphatic carbocycles. The molecule has 0 amide bonds. The number of rotatable bonds is 5. The second kappa shape index (κ2) is 9.88. The third-order valence-electron chi connectivity index (χ3n) is 3.85. The van der Waals surface area contributed by atoms with Crippen molar-refractivity contribution in [3.63, 3.8) is 0 Å². The van der Waals surface area contributed by atoms with Crippen molar-refractivity contribution >= 4 is 24.8 Å². The molecule has 0 saturated carbocycles. The molecule has 1 fully saturated rings. The lowest BCUT2D eigenvalue weighted by Gasteiger charge is -2.26. The highest BCUT2D eigenvalue weighted by atomic mass is 35.5. The normalized spacial score (nSPS) is 14.8. The van der Waals surface area contributed by atoms with Gasteiger partial charge in [0.25, 0.3) is 0 Å². The van der Waals surface area contributed by atoms with Gasteiger partial charge in [-0.1, -0.05) is 35.0 Å². The van der Waals surface area contributed by atoms with E-state index in [2.05, 4.69) is 39.4 Å². The highest BCUT2D eigenvalue weighted by molar-refractivity contribution is 5.85. The molecule has 1 aliphatic rings. The van der Waals surface area contributed by atoms with Gasteiger partial charge in [0.2, 0.25) is 11.7 Å². The molecule has 1 aromatic carbocycles. The predicted octanol–water partition coefficient (Wildman–Crippen LogP) is 2.73. The van der Waals surface area contributed by atoms with Crippen molar-refractivity contribution in [2.75, 3.05) is 32.7 Å². The van der Waals surface area contributed by atoms with Crippen LogP contribution in [0.3, 0.4) is 0 Å². The van der Waals surface area contributed by atoms with Gasteiger partial charge in [-0.3, -0.25) is 0 Å². The molecule has 0 atom stereocenters. The van der Waals surface area contributed by atoms with E-state index in [0.717, 1.165) is 57.0 Å². The molecule has 1 aromatic heterocycles. The first-order valence-electron chi connectivity index (χ1n) is 7.64. The fraction of sp³-hybridized carbons (Fsp3) is 0.500. The molecular formula is C16H24Cl2N4O. The summed E-state index contributed by atoms with van der Waals surface area (Å²) in [6.07, 6.45) is 1.92. The molecule has 0 spiro atoms. The molecular weight excluding hydrogens is 335 g/mol. The third kappa shape index (κ3) is 5.77. The van der Waals surface area contributed by atoms with E-state index in [0.29, 0.717) is 5.82 Å². The topological polar surface area (TPSA) is 54.2 Å². The minimum atomic E-state index is 0. The molecule has 128 valence electrons. The standard InChI is InChI=1S/C16H22N4O.2ClH/c1-13-4-6-14(7-5-13)16-18-15(21-19-16)3-2-10-20-11-8-17-9-12-20;;/h4-7,17H,2-3,8-12H2,1H3;2*1H. The number of benzene rings is 1. The van der Waals surface area contributed by atoms with Gasteiger partial charge in [0.15, 0.2) is 0 Å². The Morgan fingerprint density at radius 2 is 1.83 bits per heavy atom. The summed E-state index contributed by atoms with van der Waals surface area (Å²) in [6, 6.07) is 8.20. The lowest BCUT2D eigenvalue weighted by molar-refractivity contribution is 0.235. The smallest absolute Gasteiger partial charge is 0.227 e. The molecule has 2 heterocycles. The maximum Gasteiger partial charge on any atom is 0.227 e. The summed E-state index contributed by atoms with van der Waals surface area (Å²) in [6.45, 7) is 7.64. The summed E-state index contributed by atoms with van der Waals surface area (Å²) >= 11 is 0. The van der Waals surface area contributed by atoms with Crippen LogP contribution in [0.2, 0.25) is 0 Å². The number of nitrogens with zero attached hydrogens (tertiary/aromatic N) is 3. The maximum atomic E-state index is 5.35. The zero-order valence-electron chi connectivity index (χ0n) is 13.3. The zero-order chi connectivity index (χ0) is 14.5. The number of hydrogen-bond donors (Lipinski definition) is 1. The summed E-state index contributed by atoms with van der Waals surface area (Å²) < 4.78 is 5.35. The Hall–Kier alpha value is -1.14. The molecule has 3 rings (SSSR count). The number of piperazine rings is 1. The fourth-order valence-electron chi connectivity index (χ4n) is 2.56. The Balaban J connectivity index is 0.00000132. The van der Waals surface area contributed by atoms with Crippen molar-refractivity contribution in [2.24, 2.45) is 0 Å². The lowest BCUT2D eigenvalue weighted by Crippen LogP contribution is -2.43. The van der Waals surface area contributed by atoms with Gasteiger partial charge in [0.05, 0.1) is 0 Å². The molecule has 5 nitrogen and oxygen atoms in total. The molecule has 1 N–H and O–H groups in total. The Bertz CT molecular complexity index is 568. The molecule has 0 radical (unpaired) electrons. The summed E-state index contributed by atoms with van der Waals surface area (Å²) in [5.74, 6) is 1.42. The summed E-state index contributed by atoms with van der Waals surface area (Å²) in [5, 5.41) is 7.44. The van der Waals surface area contributed by atoms with Crippen molar-refractivity contribution in [1.82, 2.24) is 20.4 Å². The van der Waals surface area contributed by atoms with Crippen molar-refractivity contribution in [3.8, 4) is 11.4 Å². The Labute approximate surface area is 149 Å². The van der Waals surface area contributed by atoms with Crippen LogP contribution >= 0.6 is 24.8 Å². The predicted molar refractivity (Wildman–Crippen MR) is 96.6 cm³/mol. The van der Waals surface area contributed by atoms with Gasteiger partial charge < -0.3 is 14.7 Å². The van der Waals surface area contributed by atoms with Gasteiger partial charge >= 0.3 is 0 Å². The van der Waals surface area contributed by atoms with E-state index in [1.54, 1.807) is 0 Å². The summed E-state index contributed by atoms with van der Waals surface area (Å²) in [4.78, 5) is 6.96. The van der Waals surface area contributed by atoms with Gasteiger partial charge in [-0.05, 0) is 19.9 Å². The highest BCUT2D eigenvalue weighted by Gasteiger charge is 2.11. The van der Waals surface area contributed by atoms with E-state index < -0.39 is 0 Å². The first-order chi connectivity index (χ1) is 10.3. The van der Waals surface area contributed by atoms with Gasteiger partial charge in [0.1, 0.15) is 0 Å². The number of aromatic nitrogens is 2. The third-order valence-corrected chi connectivity index (χ3v) is 3.85. The van der Waals surface area contributed by atoms with E-state index in [9.17, 15) is 0 Å². The Morgan fingerprint density at radius 3 is 2.52 bits per heavy atom. The molecule has 0 bridgehead atoms. The molecule has 1 saturated heterocycles. The van der Waals surface area contributed by atoms with Crippen LogP contribution in [0.15, 0.2) is 28.8 Å². The van der Waals surface area contributed by atoms with Crippen molar-refractivity contribution in [2.45, 2.75) is 19.8 Å². The molecule has 0 unspecified atom stereocenters. The fourth-order valence-corrected chi connectivity index (χ4v) is 2.56. The van der Waals surface area contributed by atoms with Crippen molar-refractivity contribution in [1.29, 1.82) is 0 Å². The van der Waals surface area contributed by atoms with Crippen LogP contribution < -0.4 is 5.32 Å². The number of aryl methyl sites for hydroxylation is 2. The van der Waals surface area contributed by atoms with Crippen LogP contribution in [-0.4, -0.2) is 47.8 Å². The maximum absolute atomic E-state index is 5.35. The van der Waals surface area contributed by atoms with E-state index in [1.807, 2.05) is 12.1 Å². The van der Waals surface area contributed by atoms with Crippen LogP contribution in [0, 0.1) is 6.92 Å². The van der Waals surface area contributed by atoms with E-state index >= 15 is 0 Å². The van der Waals surface area contributed by atoms with Gasteiger partial charge in [-0.15, -0.1) is 24.8 Å². The quantitative estimate of drug-likeness (QED) is 0.890. The first-order valence-corrected chi connectivity index (χ1v) is 7.64. The molecule has 23 heavy (non-hydrogen) atoms. The van der Waals surface area contributed by atoms with E-state index in [4.69, 9.17) is 4.52 Å². The van der Waals surface area contributed by atoms with Gasteiger partial charge in [0, 0.05) is 38.2 Å². The lowest BCUT2D eigenvalue weighted by atomic mass is 10.1. The van der Waals surface area contributed by atoms with E-state index in [-0.39, 0.29) is 24.8 Å². The monoisotopic (exact) mass is 358 g/mol. The largest absolute Gasteiger partial charge is 0.339 e. The van der Waals surface area contributed by atoms with Crippen molar-refractivity contribution in [3.05, 3.63) is 35.7 Å². The van der Waals surface area contributed by atoms with Crippen LogP contribution in [0.25, 0.3) is 11.4 Å². The SMILES string of the molecule is Cc1ccc(-c2noc(CCCN3CCNCC3)n2)cc1.Cl.Cl. The number of halogens is 2. The van der Waals surface area contributed by atoms with Crippen LogP contribution in [-0.2, 0) is 6.42 Å². The first kappa shape index (κ1) is 19.9. The van der Waals surface area contributed by atoms with Gasteiger partial charge in [-0.25, -0.2) is 0 Å². The summed E-state index contributed by atoms with van der Waals surface area (Å²) in [5.41, 5.74) is 2.25. The number of nitrogens with one attached hydrogen (secondary N) is 1. The average molecular weight is 359 g/mol. The highest BCUT2D eigenvalue weighted by Crippen LogP contribution is 2.16. The molecule has 1 aliphatic heterocycles. The second-order valence-electron chi connectivity index (χ2n) is 5.57. The molecule has 2 aromatic rings. The van der Waals surface area contributed by atoms with Crippen molar-refractivity contribution < 1.29 is 4.52 Å². The van der Waals surface area contributed by atoms with Gasteiger partial charge in [-0.2, -0.15) is 4.98 Å². The van der Waals surface area contributed by atoms with Crippen LogP contribution in [0.5, 0.6) is 0 Å².